The number of benzene rings is 2. The summed E-state index contributed by atoms with van der Waals surface area (Å²) in [6.45, 7) is 1.86. The molecule has 0 saturated carbocycles. The first-order chi connectivity index (χ1) is 11.7. The molecule has 0 aliphatic rings. The minimum atomic E-state index is -0.363. The molecular weight excluding hydrogens is 308 g/mol. The average molecular weight is 326 g/mol. The van der Waals surface area contributed by atoms with Gasteiger partial charge in [-0.15, -0.1) is 0 Å². The van der Waals surface area contributed by atoms with Crippen LogP contribution in [-0.2, 0) is 0 Å². The summed E-state index contributed by atoms with van der Waals surface area (Å²) in [5.74, 6) is 3.18. The van der Waals surface area contributed by atoms with E-state index in [0.29, 0.717) is 17.5 Å². The Morgan fingerprint density at radius 3 is 1.96 bits per heavy atom. The Labute approximate surface area is 140 Å². The van der Waals surface area contributed by atoms with Crippen molar-refractivity contribution in [3.63, 3.8) is 0 Å². The maximum absolute atomic E-state index is 5.81. The van der Waals surface area contributed by atoms with E-state index in [1.165, 1.54) is 0 Å². The number of hydrogen-bond donors (Lipinski definition) is 0. The van der Waals surface area contributed by atoms with Crippen LogP contribution in [-0.4, -0.2) is 24.4 Å². The molecule has 0 radical (unpaired) electrons. The molecule has 0 aliphatic heterocycles. The Hall–Kier alpha value is -3.02. The molecule has 3 aromatic rings. The van der Waals surface area contributed by atoms with Gasteiger partial charge in [0.15, 0.2) is 6.10 Å². The standard InChI is InChI=1S/C18H18N2O4/c1-12(23-16-10-8-15(22-3)9-11-16)18-19-17(20-24-18)13-4-6-14(21-2)7-5-13/h4-12H,1-3H3/t12-/m1/s1. The highest BCUT2D eigenvalue weighted by molar-refractivity contribution is 5.55. The molecule has 6 heteroatoms. The van der Waals surface area contributed by atoms with Gasteiger partial charge in [0.25, 0.3) is 5.89 Å². The van der Waals surface area contributed by atoms with Crippen LogP contribution in [0.2, 0.25) is 0 Å². The predicted molar refractivity (Wildman–Crippen MR) is 88.3 cm³/mol. The van der Waals surface area contributed by atoms with Gasteiger partial charge in [0.1, 0.15) is 17.2 Å². The van der Waals surface area contributed by atoms with Crippen molar-refractivity contribution in [1.82, 2.24) is 10.1 Å². The van der Waals surface area contributed by atoms with Crippen molar-refractivity contribution in [2.75, 3.05) is 14.2 Å². The van der Waals surface area contributed by atoms with Crippen LogP contribution in [0.25, 0.3) is 11.4 Å². The SMILES string of the molecule is COc1ccc(O[C@H](C)c2nc(-c3ccc(OC)cc3)no2)cc1. The third-order valence-electron chi connectivity index (χ3n) is 3.51. The van der Waals surface area contributed by atoms with Crippen molar-refractivity contribution in [3.05, 3.63) is 54.4 Å². The molecule has 1 atom stereocenters. The fourth-order valence-corrected chi connectivity index (χ4v) is 2.17. The van der Waals surface area contributed by atoms with Crippen LogP contribution in [0.5, 0.6) is 17.2 Å². The van der Waals surface area contributed by atoms with Crippen molar-refractivity contribution in [2.45, 2.75) is 13.0 Å². The van der Waals surface area contributed by atoms with E-state index >= 15 is 0 Å². The molecule has 0 saturated heterocycles. The fourth-order valence-electron chi connectivity index (χ4n) is 2.17. The summed E-state index contributed by atoms with van der Waals surface area (Å²) in [5, 5.41) is 4.01. The van der Waals surface area contributed by atoms with Crippen LogP contribution < -0.4 is 14.2 Å². The average Bonchev–Trinajstić information content (AvgIpc) is 3.13. The predicted octanol–water partition coefficient (Wildman–Crippen LogP) is 3.89. The highest BCUT2D eigenvalue weighted by Crippen LogP contribution is 2.25. The second kappa shape index (κ2) is 7.04. The summed E-state index contributed by atoms with van der Waals surface area (Å²) >= 11 is 0. The third kappa shape index (κ3) is 3.48. The zero-order valence-electron chi connectivity index (χ0n) is 13.7. The van der Waals surface area contributed by atoms with E-state index in [9.17, 15) is 0 Å². The summed E-state index contributed by atoms with van der Waals surface area (Å²) in [6.07, 6.45) is -0.363. The van der Waals surface area contributed by atoms with Crippen molar-refractivity contribution >= 4 is 0 Å². The quantitative estimate of drug-likeness (QED) is 0.684. The maximum atomic E-state index is 5.81. The smallest absolute Gasteiger partial charge is 0.267 e. The van der Waals surface area contributed by atoms with E-state index in [1.54, 1.807) is 14.2 Å². The molecular formula is C18H18N2O4. The van der Waals surface area contributed by atoms with Crippen LogP contribution in [0.1, 0.15) is 18.9 Å². The summed E-state index contributed by atoms with van der Waals surface area (Å²) in [6, 6.07) is 14.8. The molecule has 0 N–H and O–H groups in total. The second-order valence-corrected chi connectivity index (χ2v) is 5.12. The Kier molecular flexibility index (Phi) is 4.65. The van der Waals surface area contributed by atoms with E-state index in [2.05, 4.69) is 10.1 Å². The highest BCUT2D eigenvalue weighted by Gasteiger charge is 2.17. The van der Waals surface area contributed by atoms with Gasteiger partial charge < -0.3 is 18.7 Å². The Morgan fingerprint density at radius 2 is 1.38 bits per heavy atom. The lowest BCUT2D eigenvalue weighted by Crippen LogP contribution is -2.03. The number of ether oxygens (including phenoxy) is 3. The van der Waals surface area contributed by atoms with Gasteiger partial charge in [-0.3, -0.25) is 0 Å². The zero-order valence-corrected chi connectivity index (χ0v) is 13.7. The Morgan fingerprint density at radius 1 is 0.833 bits per heavy atom. The fraction of sp³-hybridized carbons (Fsp3) is 0.222. The van der Waals surface area contributed by atoms with Gasteiger partial charge in [0.2, 0.25) is 5.82 Å². The summed E-state index contributed by atoms with van der Waals surface area (Å²) < 4.78 is 21.4. The second-order valence-electron chi connectivity index (χ2n) is 5.12. The van der Waals surface area contributed by atoms with E-state index in [4.69, 9.17) is 18.7 Å². The van der Waals surface area contributed by atoms with Crippen molar-refractivity contribution in [3.8, 4) is 28.6 Å². The van der Waals surface area contributed by atoms with Gasteiger partial charge in [0.05, 0.1) is 14.2 Å². The first-order valence-electron chi connectivity index (χ1n) is 7.48. The monoisotopic (exact) mass is 326 g/mol. The van der Waals surface area contributed by atoms with Crippen molar-refractivity contribution in [2.24, 2.45) is 0 Å². The molecule has 0 spiro atoms. The lowest BCUT2D eigenvalue weighted by molar-refractivity contribution is 0.175. The number of nitrogens with zero attached hydrogens (tertiary/aromatic N) is 2. The number of aromatic nitrogens is 2. The van der Waals surface area contributed by atoms with Gasteiger partial charge in [-0.1, -0.05) is 5.16 Å². The molecule has 0 bridgehead atoms. The highest BCUT2D eigenvalue weighted by atomic mass is 16.5. The van der Waals surface area contributed by atoms with Crippen LogP contribution >= 0.6 is 0 Å². The molecule has 0 unspecified atom stereocenters. The normalized spacial score (nSPS) is 11.8. The summed E-state index contributed by atoms with van der Waals surface area (Å²) in [7, 11) is 3.25. The van der Waals surface area contributed by atoms with Gasteiger partial charge >= 0.3 is 0 Å². The lowest BCUT2D eigenvalue weighted by Gasteiger charge is -2.10. The van der Waals surface area contributed by atoms with E-state index < -0.39 is 0 Å². The Bertz CT molecular complexity index is 782. The minimum Gasteiger partial charge on any atom is -0.497 e. The minimum absolute atomic E-state index is 0.363. The Balaban J connectivity index is 1.71. The topological polar surface area (TPSA) is 66.6 Å². The first kappa shape index (κ1) is 15.9. The van der Waals surface area contributed by atoms with E-state index in [0.717, 1.165) is 17.1 Å². The largest absolute Gasteiger partial charge is 0.497 e. The van der Waals surface area contributed by atoms with Crippen molar-refractivity contribution < 1.29 is 18.7 Å². The maximum Gasteiger partial charge on any atom is 0.267 e. The van der Waals surface area contributed by atoms with E-state index in [1.807, 2.05) is 55.5 Å². The van der Waals surface area contributed by atoms with Crippen LogP contribution in [0, 0.1) is 0 Å². The number of methoxy groups -OCH3 is 2. The first-order valence-corrected chi connectivity index (χ1v) is 7.48. The molecule has 24 heavy (non-hydrogen) atoms. The third-order valence-corrected chi connectivity index (χ3v) is 3.51. The molecule has 2 aromatic carbocycles. The number of rotatable bonds is 6. The molecule has 0 aliphatic carbocycles. The molecule has 1 heterocycles. The molecule has 1 aromatic heterocycles. The molecule has 0 amide bonds. The van der Waals surface area contributed by atoms with Crippen LogP contribution in [0.15, 0.2) is 53.1 Å². The van der Waals surface area contributed by atoms with Gasteiger partial charge in [-0.25, -0.2) is 0 Å². The van der Waals surface area contributed by atoms with Crippen molar-refractivity contribution in [1.29, 1.82) is 0 Å². The summed E-state index contributed by atoms with van der Waals surface area (Å²) in [5.41, 5.74) is 0.849. The van der Waals surface area contributed by atoms with E-state index in [-0.39, 0.29) is 6.10 Å². The van der Waals surface area contributed by atoms with Gasteiger partial charge in [-0.2, -0.15) is 4.98 Å². The van der Waals surface area contributed by atoms with Crippen LogP contribution in [0.3, 0.4) is 0 Å². The molecule has 124 valence electrons. The zero-order chi connectivity index (χ0) is 16.9. The molecule has 6 nitrogen and oxygen atoms in total. The van der Waals surface area contributed by atoms with Gasteiger partial charge in [-0.05, 0) is 55.5 Å². The number of hydrogen-bond acceptors (Lipinski definition) is 6. The molecule has 3 rings (SSSR count). The van der Waals surface area contributed by atoms with Gasteiger partial charge in [0, 0.05) is 5.56 Å². The molecule has 0 fully saturated rings. The summed E-state index contributed by atoms with van der Waals surface area (Å²) in [4.78, 5) is 4.40. The van der Waals surface area contributed by atoms with Crippen LogP contribution in [0.4, 0.5) is 0 Å². The lowest BCUT2D eigenvalue weighted by atomic mass is 10.2.